The molecule has 4 nitrogen and oxygen atoms in total. The molecule has 0 amide bonds. The van der Waals surface area contributed by atoms with E-state index in [2.05, 4.69) is 0 Å². The van der Waals surface area contributed by atoms with Crippen molar-refractivity contribution in [1.29, 1.82) is 0 Å². The lowest BCUT2D eigenvalue weighted by Gasteiger charge is -2.09. The van der Waals surface area contributed by atoms with E-state index in [0.717, 1.165) is 28.3 Å². The lowest BCUT2D eigenvalue weighted by Crippen LogP contribution is -2.10. The summed E-state index contributed by atoms with van der Waals surface area (Å²) in [7, 11) is 0. The molecule has 0 fully saturated rings. The summed E-state index contributed by atoms with van der Waals surface area (Å²) in [6, 6.07) is 15.2. The Hall–Kier alpha value is -2.46. The van der Waals surface area contributed by atoms with Crippen LogP contribution in [0.4, 0.5) is 0 Å². The molecular weight excluding hydrogens is 352 g/mol. The summed E-state index contributed by atoms with van der Waals surface area (Å²) in [6.07, 6.45) is 2.44. The quantitative estimate of drug-likeness (QED) is 0.355. The third-order valence-corrected chi connectivity index (χ3v) is 3.76. The van der Waals surface area contributed by atoms with Crippen molar-refractivity contribution in [3.8, 4) is 5.75 Å². The van der Waals surface area contributed by atoms with Gasteiger partial charge in [-0.1, -0.05) is 35.9 Å². The SMILES string of the molecule is CCOC(=O)C(=Cc1cccc(OCCc2ccc(Cl)cc2)c1)OCC. The third kappa shape index (κ3) is 6.45. The Balaban J connectivity index is 2.00. The minimum absolute atomic E-state index is 0.188. The largest absolute Gasteiger partial charge is 0.493 e. The van der Waals surface area contributed by atoms with E-state index in [1.807, 2.05) is 55.5 Å². The highest BCUT2D eigenvalue weighted by molar-refractivity contribution is 6.30. The van der Waals surface area contributed by atoms with Gasteiger partial charge in [0.05, 0.1) is 19.8 Å². The Bertz CT molecular complexity index is 738. The molecule has 0 saturated heterocycles. The molecule has 2 aromatic carbocycles. The Morgan fingerprint density at radius 1 is 1.04 bits per heavy atom. The van der Waals surface area contributed by atoms with Gasteiger partial charge in [0.1, 0.15) is 5.75 Å². The van der Waals surface area contributed by atoms with E-state index in [-0.39, 0.29) is 5.76 Å². The van der Waals surface area contributed by atoms with Crippen LogP contribution in [0.15, 0.2) is 54.3 Å². The van der Waals surface area contributed by atoms with E-state index >= 15 is 0 Å². The molecule has 0 bridgehead atoms. The van der Waals surface area contributed by atoms with Gasteiger partial charge in [-0.15, -0.1) is 0 Å². The first kappa shape index (κ1) is 19.9. The summed E-state index contributed by atoms with van der Waals surface area (Å²) in [5.74, 6) is 0.448. The predicted molar refractivity (Wildman–Crippen MR) is 103 cm³/mol. The molecule has 0 heterocycles. The van der Waals surface area contributed by atoms with E-state index < -0.39 is 5.97 Å². The number of benzene rings is 2. The zero-order valence-corrected chi connectivity index (χ0v) is 15.8. The van der Waals surface area contributed by atoms with Crippen molar-refractivity contribution in [1.82, 2.24) is 0 Å². The molecule has 0 spiro atoms. The van der Waals surface area contributed by atoms with Gasteiger partial charge in [0.2, 0.25) is 5.76 Å². The number of carbonyl (C=O) groups is 1. The maximum absolute atomic E-state index is 11.9. The average Bonchev–Trinajstić information content (AvgIpc) is 2.64. The van der Waals surface area contributed by atoms with E-state index in [1.165, 1.54) is 0 Å². The minimum Gasteiger partial charge on any atom is -0.493 e. The number of esters is 1. The van der Waals surface area contributed by atoms with Crippen LogP contribution in [0.2, 0.25) is 5.02 Å². The van der Waals surface area contributed by atoms with Crippen LogP contribution in [-0.4, -0.2) is 25.8 Å². The van der Waals surface area contributed by atoms with Crippen molar-refractivity contribution in [2.75, 3.05) is 19.8 Å². The molecule has 2 aromatic rings. The molecule has 2 rings (SSSR count). The molecule has 5 heteroatoms. The van der Waals surface area contributed by atoms with Gasteiger partial charge >= 0.3 is 5.97 Å². The van der Waals surface area contributed by atoms with Gasteiger partial charge in [0.25, 0.3) is 0 Å². The predicted octanol–water partition coefficient (Wildman–Crippen LogP) is 4.90. The van der Waals surface area contributed by atoms with E-state index in [1.54, 1.807) is 13.0 Å². The van der Waals surface area contributed by atoms with E-state index in [4.69, 9.17) is 25.8 Å². The fourth-order valence-electron chi connectivity index (χ4n) is 2.30. The molecule has 138 valence electrons. The first-order valence-electron chi connectivity index (χ1n) is 8.61. The Kier molecular flexibility index (Phi) is 8.03. The number of halogens is 1. The molecule has 0 aliphatic heterocycles. The highest BCUT2D eigenvalue weighted by atomic mass is 35.5. The molecule has 0 N–H and O–H groups in total. The van der Waals surface area contributed by atoms with Crippen LogP contribution < -0.4 is 4.74 Å². The van der Waals surface area contributed by atoms with Crippen molar-refractivity contribution in [3.05, 3.63) is 70.4 Å². The third-order valence-electron chi connectivity index (χ3n) is 3.51. The maximum Gasteiger partial charge on any atom is 0.373 e. The van der Waals surface area contributed by atoms with Gasteiger partial charge in [-0.05, 0) is 55.3 Å². The normalized spacial score (nSPS) is 11.1. The van der Waals surface area contributed by atoms with Gasteiger partial charge in [-0.2, -0.15) is 0 Å². The van der Waals surface area contributed by atoms with Gasteiger partial charge in [-0.25, -0.2) is 4.79 Å². The number of rotatable bonds is 9. The summed E-state index contributed by atoms with van der Waals surface area (Å²) in [4.78, 5) is 11.9. The van der Waals surface area contributed by atoms with Crippen LogP contribution in [0.3, 0.4) is 0 Å². The van der Waals surface area contributed by atoms with Crippen molar-refractivity contribution in [3.63, 3.8) is 0 Å². The lowest BCUT2D eigenvalue weighted by atomic mass is 10.1. The smallest absolute Gasteiger partial charge is 0.373 e. The molecule has 0 atom stereocenters. The lowest BCUT2D eigenvalue weighted by molar-refractivity contribution is -0.142. The van der Waals surface area contributed by atoms with Crippen LogP contribution in [-0.2, 0) is 20.7 Å². The Labute approximate surface area is 159 Å². The van der Waals surface area contributed by atoms with Gasteiger partial charge < -0.3 is 14.2 Å². The van der Waals surface area contributed by atoms with Gasteiger partial charge in [0.15, 0.2) is 0 Å². The summed E-state index contributed by atoms with van der Waals surface area (Å²) < 4.78 is 16.2. The number of ether oxygens (including phenoxy) is 3. The van der Waals surface area contributed by atoms with Crippen LogP contribution in [0, 0.1) is 0 Å². The minimum atomic E-state index is -0.469. The van der Waals surface area contributed by atoms with Crippen LogP contribution in [0.25, 0.3) is 6.08 Å². The molecule has 26 heavy (non-hydrogen) atoms. The second-order valence-corrected chi connectivity index (χ2v) is 5.90. The van der Waals surface area contributed by atoms with Crippen molar-refractivity contribution < 1.29 is 19.0 Å². The van der Waals surface area contributed by atoms with Crippen LogP contribution in [0.1, 0.15) is 25.0 Å². The fraction of sp³-hybridized carbons (Fsp3) is 0.286. The Morgan fingerprint density at radius 2 is 1.77 bits per heavy atom. The number of hydrogen-bond acceptors (Lipinski definition) is 4. The summed E-state index contributed by atoms with van der Waals surface area (Å²) in [5, 5.41) is 0.723. The first-order chi connectivity index (χ1) is 12.6. The van der Waals surface area contributed by atoms with E-state index in [9.17, 15) is 4.79 Å². The Morgan fingerprint density at radius 3 is 2.46 bits per heavy atom. The zero-order chi connectivity index (χ0) is 18.8. The standard InChI is InChI=1S/C21H23ClO4/c1-3-24-20(21(23)25-4-2)15-17-6-5-7-19(14-17)26-13-12-16-8-10-18(22)11-9-16/h5-11,14-15H,3-4,12-13H2,1-2H3. The second-order valence-electron chi connectivity index (χ2n) is 5.46. The number of carbonyl (C=O) groups excluding carboxylic acids is 1. The molecule has 0 radical (unpaired) electrons. The second kappa shape index (κ2) is 10.5. The zero-order valence-electron chi connectivity index (χ0n) is 15.0. The van der Waals surface area contributed by atoms with E-state index in [0.29, 0.717) is 19.8 Å². The molecule has 0 aromatic heterocycles. The molecular formula is C21H23ClO4. The van der Waals surface area contributed by atoms with Crippen molar-refractivity contribution in [2.45, 2.75) is 20.3 Å². The summed E-state index contributed by atoms with van der Waals surface area (Å²) in [6.45, 7) is 4.82. The molecule has 0 aliphatic rings. The number of hydrogen-bond donors (Lipinski definition) is 0. The monoisotopic (exact) mass is 374 g/mol. The molecule has 0 saturated carbocycles. The summed E-state index contributed by atoms with van der Waals surface area (Å²) in [5.41, 5.74) is 1.97. The van der Waals surface area contributed by atoms with Gasteiger partial charge in [0, 0.05) is 11.4 Å². The topological polar surface area (TPSA) is 44.8 Å². The fourth-order valence-corrected chi connectivity index (χ4v) is 2.43. The molecule has 0 aliphatic carbocycles. The average molecular weight is 375 g/mol. The maximum atomic E-state index is 11.9. The summed E-state index contributed by atoms with van der Waals surface area (Å²) >= 11 is 5.89. The first-order valence-corrected chi connectivity index (χ1v) is 8.99. The highest BCUT2D eigenvalue weighted by Gasteiger charge is 2.11. The van der Waals surface area contributed by atoms with Crippen molar-refractivity contribution >= 4 is 23.6 Å². The van der Waals surface area contributed by atoms with Crippen molar-refractivity contribution in [2.24, 2.45) is 0 Å². The van der Waals surface area contributed by atoms with Crippen LogP contribution >= 0.6 is 11.6 Å². The highest BCUT2D eigenvalue weighted by Crippen LogP contribution is 2.18. The van der Waals surface area contributed by atoms with Crippen LogP contribution in [0.5, 0.6) is 5.75 Å². The van der Waals surface area contributed by atoms with Gasteiger partial charge in [-0.3, -0.25) is 0 Å². The molecule has 0 unspecified atom stereocenters.